The molecule has 29 heavy (non-hydrogen) atoms. The summed E-state index contributed by atoms with van der Waals surface area (Å²) < 4.78 is 27.2. The third kappa shape index (κ3) is 4.23. The number of carbonyl (C=O) groups is 1. The van der Waals surface area contributed by atoms with Gasteiger partial charge in [-0.3, -0.25) is 14.8 Å². The van der Waals surface area contributed by atoms with Crippen LogP contribution in [0.5, 0.6) is 0 Å². The molecular formula is C22H20F2N4O. The molecule has 0 aliphatic carbocycles. The molecule has 3 heterocycles. The van der Waals surface area contributed by atoms with Gasteiger partial charge in [0.1, 0.15) is 11.6 Å². The fourth-order valence-corrected chi connectivity index (χ4v) is 3.51. The highest BCUT2D eigenvalue weighted by Gasteiger charge is 2.31. The Labute approximate surface area is 167 Å². The predicted octanol–water partition coefficient (Wildman–Crippen LogP) is 3.25. The van der Waals surface area contributed by atoms with Crippen molar-refractivity contribution in [2.45, 2.75) is 12.8 Å². The number of hydrogen-bond donors (Lipinski definition) is 1. The molecule has 1 aliphatic heterocycles. The number of pyridine rings is 2. The van der Waals surface area contributed by atoms with Crippen molar-refractivity contribution in [2.75, 3.05) is 18.8 Å². The highest BCUT2D eigenvalue weighted by molar-refractivity contribution is 5.81. The van der Waals surface area contributed by atoms with E-state index in [0.717, 1.165) is 18.1 Å². The average Bonchev–Trinajstić information content (AvgIpc) is 2.67. The molecule has 2 aromatic heterocycles. The molecule has 2 N–H and O–H groups in total. The molecule has 3 aromatic rings. The number of nitrogen functional groups attached to an aromatic ring is 1. The Morgan fingerprint density at radius 1 is 1.17 bits per heavy atom. The Hall–Kier alpha value is -3.35. The molecule has 0 radical (unpaired) electrons. The van der Waals surface area contributed by atoms with E-state index in [-0.39, 0.29) is 17.9 Å². The smallest absolute Gasteiger partial charge is 0.228 e. The highest BCUT2D eigenvalue weighted by atomic mass is 19.1. The van der Waals surface area contributed by atoms with Crippen molar-refractivity contribution in [3.05, 3.63) is 77.8 Å². The molecular weight excluding hydrogens is 374 g/mol. The van der Waals surface area contributed by atoms with Gasteiger partial charge in [-0.2, -0.15) is 0 Å². The number of benzene rings is 1. The molecule has 148 valence electrons. The van der Waals surface area contributed by atoms with Crippen molar-refractivity contribution < 1.29 is 13.6 Å². The number of aromatic nitrogens is 2. The highest BCUT2D eigenvalue weighted by Crippen LogP contribution is 2.25. The standard InChI is InChI=1S/C22H20F2N4O/c23-16-3-4-17(18(24)9-16)20-6-5-19(25)21(27-20)10-22(29)28-12-15(13-28)8-14-2-1-7-26-11-14/h1-7,9,11,15H,8,10,12-13,25H2. The van der Waals surface area contributed by atoms with Crippen LogP contribution >= 0.6 is 0 Å². The first-order chi connectivity index (χ1) is 14.0. The number of hydrogen-bond acceptors (Lipinski definition) is 4. The van der Waals surface area contributed by atoms with Gasteiger partial charge < -0.3 is 10.6 Å². The van der Waals surface area contributed by atoms with Crippen molar-refractivity contribution in [2.24, 2.45) is 5.92 Å². The normalized spacial score (nSPS) is 13.9. The number of rotatable bonds is 5. The predicted molar refractivity (Wildman–Crippen MR) is 106 cm³/mol. The molecule has 1 amide bonds. The lowest BCUT2D eigenvalue weighted by atomic mass is 9.92. The van der Waals surface area contributed by atoms with Crippen molar-refractivity contribution in [3.63, 3.8) is 0 Å². The van der Waals surface area contributed by atoms with Crippen LogP contribution < -0.4 is 5.73 Å². The molecule has 0 saturated carbocycles. The largest absolute Gasteiger partial charge is 0.397 e. The first-order valence-electron chi connectivity index (χ1n) is 9.37. The number of nitrogens with zero attached hydrogens (tertiary/aromatic N) is 3. The second kappa shape index (κ2) is 7.95. The summed E-state index contributed by atoms with van der Waals surface area (Å²) in [5.41, 5.74) is 8.38. The maximum Gasteiger partial charge on any atom is 0.228 e. The van der Waals surface area contributed by atoms with Gasteiger partial charge in [0, 0.05) is 37.1 Å². The molecule has 0 atom stereocenters. The topological polar surface area (TPSA) is 72.1 Å². The van der Waals surface area contributed by atoms with Gasteiger partial charge in [-0.15, -0.1) is 0 Å². The zero-order chi connectivity index (χ0) is 20.4. The Morgan fingerprint density at radius 2 is 2.00 bits per heavy atom. The first-order valence-corrected chi connectivity index (χ1v) is 9.37. The van der Waals surface area contributed by atoms with Crippen LogP contribution in [0.25, 0.3) is 11.3 Å². The molecule has 0 bridgehead atoms. The van der Waals surface area contributed by atoms with E-state index in [0.29, 0.717) is 36.1 Å². The summed E-state index contributed by atoms with van der Waals surface area (Å²) in [6.45, 7) is 1.36. The fraction of sp³-hybridized carbons (Fsp3) is 0.227. The minimum absolute atomic E-state index is 0.0437. The number of amides is 1. The van der Waals surface area contributed by atoms with Crippen molar-refractivity contribution in [1.29, 1.82) is 0 Å². The summed E-state index contributed by atoms with van der Waals surface area (Å²) in [7, 11) is 0. The third-order valence-electron chi connectivity index (χ3n) is 5.09. The van der Waals surface area contributed by atoms with Crippen molar-refractivity contribution in [1.82, 2.24) is 14.9 Å². The van der Waals surface area contributed by atoms with E-state index >= 15 is 0 Å². The number of anilines is 1. The van der Waals surface area contributed by atoms with E-state index in [1.807, 2.05) is 18.3 Å². The summed E-state index contributed by atoms with van der Waals surface area (Å²) in [6.07, 6.45) is 4.51. The SMILES string of the molecule is Nc1ccc(-c2ccc(F)cc2F)nc1CC(=O)N1CC(Cc2cccnc2)C1. The summed E-state index contributed by atoms with van der Waals surface area (Å²) in [5, 5.41) is 0. The minimum Gasteiger partial charge on any atom is -0.397 e. The van der Waals surface area contributed by atoms with E-state index in [1.54, 1.807) is 23.2 Å². The molecule has 0 spiro atoms. The number of halogens is 2. The molecule has 7 heteroatoms. The second-order valence-corrected chi connectivity index (χ2v) is 7.26. The second-order valence-electron chi connectivity index (χ2n) is 7.26. The van der Waals surface area contributed by atoms with Crippen LogP contribution in [-0.2, 0) is 17.6 Å². The summed E-state index contributed by atoms with van der Waals surface area (Å²) in [5.74, 6) is -1.02. The Bertz CT molecular complexity index is 1040. The zero-order valence-corrected chi connectivity index (χ0v) is 15.7. The summed E-state index contributed by atoms with van der Waals surface area (Å²) in [4.78, 5) is 22.8. The Morgan fingerprint density at radius 3 is 2.72 bits per heavy atom. The van der Waals surface area contributed by atoms with Gasteiger partial charge in [0.15, 0.2) is 0 Å². The number of likely N-dealkylation sites (tertiary alicyclic amines) is 1. The van der Waals surface area contributed by atoms with Crippen molar-refractivity contribution >= 4 is 11.6 Å². The van der Waals surface area contributed by atoms with Crippen LogP contribution in [-0.4, -0.2) is 33.9 Å². The molecule has 0 unspecified atom stereocenters. The maximum absolute atomic E-state index is 14.1. The maximum atomic E-state index is 14.1. The first kappa shape index (κ1) is 19.0. The fourth-order valence-electron chi connectivity index (χ4n) is 3.51. The van der Waals surface area contributed by atoms with E-state index in [2.05, 4.69) is 9.97 Å². The number of nitrogens with two attached hydrogens (primary N) is 1. The quantitative estimate of drug-likeness (QED) is 0.721. The lowest BCUT2D eigenvalue weighted by molar-refractivity contribution is -0.136. The van der Waals surface area contributed by atoms with E-state index in [1.165, 1.54) is 12.1 Å². The third-order valence-corrected chi connectivity index (χ3v) is 5.09. The van der Waals surface area contributed by atoms with Crippen LogP contribution in [0.15, 0.2) is 54.9 Å². The Kier molecular flexibility index (Phi) is 5.20. The van der Waals surface area contributed by atoms with Gasteiger partial charge in [-0.05, 0) is 48.2 Å². The summed E-state index contributed by atoms with van der Waals surface area (Å²) in [6, 6.07) is 10.4. The zero-order valence-electron chi connectivity index (χ0n) is 15.7. The lowest BCUT2D eigenvalue weighted by Crippen LogP contribution is -2.51. The van der Waals surface area contributed by atoms with E-state index in [4.69, 9.17) is 5.73 Å². The van der Waals surface area contributed by atoms with Gasteiger partial charge in [0.2, 0.25) is 5.91 Å². The van der Waals surface area contributed by atoms with Gasteiger partial charge in [-0.25, -0.2) is 8.78 Å². The monoisotopic (exact) mass is 394 g/mol. The molecule has 1 fully saturated rings. The number of carbonyl (C=O) groups excluding carboxylic acids is 1. The molecule has 5 nitrogen and oxygen atoms in total. The van der Waals surface area contributed by atoms with Crippen LogP contribution in [0.3, 0.4) is 0 Å². The van der Waals surface area contributed by atoms with Crippen LogP contribution in [0.2, 0.25) is 0 Å². The lowest BCUT2D eigenvalue weighted by Gasteiger charge is -2.39. The van der Waals surface area contributed by atoms with Gasteiger partial charge in [0.25, 0.3) is 0 Å². The Balaban J connectivity index is 1.41. The van der Waals surface area contributed by atoms with Gasteiger partial charge in [-0.1, -0.05) is 6.07 Å². The van der Waals surface area contributed by atoms with Crippen molar-refractivity contribution in [3.8, 4) is 11.3 Å². The van der Waals surface area contributed by atoms with E-state index in [9.17, 15) is 13.6 Å². The average molecular weight is 394 g/mol. The van der Waals surface area contributed by atoms with Crippen LogP contribution in [0.1, 0.15) is 11.3 Å². The van der Waals surface area contributed by atoms with Gasteiger partial charge >= 0.3 is 0 Å². The van der Waals surface area contributed by atoms with Crippen LogP contribution in [0.4, 0.5) is 14.5 Å². The molecule has 1 saturated heterocycles. The summed E-state index contributed by atoms with van der Waals surface area (Å²) >= 11 is 0. The minimum atomic E-state index is -0.708. The molecule has 4 rings (SSSR count). The van der Waals surface area contributed by atoms with Gasteiger partial charge in [0.05, 0.1) is 23.5 Å². The molecule has 1 aliphatic rings. The van der Waals surface area contributed by atoms with Crippen LogP contribution in [0, 0.1) is 17.6 Å². The van der Waals surface area contributed by atoms with E-state index < -0.39 is 11.6 Å². The molecule has 1 aromatic carbocycles.